The summed E-state index contributed by atoms with van der Waals surface area (Å²) in [6.07, 6.45) is 0. The van der Waals surface area contributed by atoms with Crippen LogP contribution in [0.1, 0.15) is 37.7 Å². The van der Waals surface area contributed by atoms with Crippen molar-refractivity contribution in [2.75, 3.05) is 29.9 Å². The van der Waals surface area contributed by atoms with Gasteiger partial charge in [-0.05, 0) is 55.5 Å². The second-order valence-electron chi connectivity index (χ2n) is 7.94. The van der Waals surface area contributed by atoms with Gasteiger partial charge in [0.05, 0.1) is 12.1 Å². The molecule has 3 heterocycles. The standard InChI is InChI=1S/C24H29N3OS2/c1-17-13-20(15-26-8-11-29-12-9-26)6-7-23(17)25-24(28)22-14-18(2)27(19(22)3)16-21-5-4-10-30-21/h4-7,10,13-14H,8-9,11-12,15-16H2,1-3H3,(H,25,28). The molecule has 0 unspecified atom stereocenters. The first-order chi connectivity index (χ1) is 14.5. The average molecular weight is 440 g/mol. The molecule has 3 aromatic rings. The minimum absolute atomic E-state index is 0.0376. The number of nitrogens with zero attached hydrogens (tertiary/aromatic N) is 2. The molecule has 1 saturated heterocycles. The predicted molar refractivity (Wildman–Crippen MR) is 129 cm³/mol. The van der Waals surface area contributed by atoms with Gasteiger partial charge in [0.15, 0.2) is 0 Å². The fraction of sp³-hybridized carbons (Fsp3) is 0.375. The van der Waals surface area contributed by atoms with Crippen LogP contribution in [0.4, 0.5) is 5.69 Å². The molecule has 0 radical (unpaired) electrons. The molecule has 1 N–H and O–H groups in total. The molecule has 1 fully saturated rings. The van der Waals surface area contributed by atoms with Crippen LogP contribution in [0.3, 0.4) is 0 Å². The predicted octanol–water partition coefficient (Wildman–Crippen LogP) is 5.32. The smallest absolute Gasteiger partial charge is 0.257 e. The molecule has 1 aliphatic heterocycles. The third-order valence-electron chi connectivity index (χ3n) is 5.76. The van der Waals surface area contributed by atoms with Crippen molar-refractivity contribution < 1.29 is 4.79 Å². The number of nitrogens with one attached hydrogen (secondary N) is 1. The molecule has 0 spiro atoms. The van der Waals surface area contributed by atoms with Crippen molar-refractivity contribution >= 4 is 34.7 Å². The van der Waals surface area contributed by atoms with Gasteiger partial charge >= 0.3 is 0 Å². The lowest BCUT2D eigenvalue weighted by molar-refractivity contribution is 0.102. The van der Waals surface area contributed by atoms with E-state index in [9.17, 15) is 4.79 Å². The molecule has 4 rings (SSSR count). The van der Waals surface area contributed by atoms with E-state index in [4.69, 9.17) is 0 Å². The van der Waals surface area contributed by atoms with E-state index in [1.165, 1.54) is 21.9 Å². The van der Waals surface area contributed by atoms with E-state index in [1.54, 1.807) is 11.3 Å². The minimum Gasteiger partial charge on any atom is -0.343 e. The minimum atomic E-state index is -0.0376. The molecule has 6 heteroatoms. The van der Waals surface area contributed by atoms with Gasteiger partial charge in [0.2, 0.25) is 0 Å². The molecule has 1 aliphatic rings. The summed E-state index contributed by atoms with van der Waals surface area (Å²) in [5, 5.41) is 5.22. The number of thiophene rings is 1. The van der Waals surface area contributed by atoms with Crippen molar-refractivity contribution in [2.45, 2.75) is 33.9 Å². The molecule has 1 amide bonds. The zero-order chi connectivity index (χ0) is 21.1. The Morgan fingerprint density at radius 3 is 2.57 bits per heavy atom. The second-order valence-corrected chi connectivity index (χ2v) is 10.2. The van der Waals surface area contributed by atoms with Crippen molar-refractivity contribution in [1.29, 1.82) is 0 Å². The van der Waals surface area contributed by atoms with Gasteiger partial charge < -0.3 is 9.88 Å². The van der Waals surface area contributed by atoms with Crippen molar-refractivity contribution in [1.82, 2.24) is 9.47 Å². The zero-order valence-corrected chi connectivity index (χ0v) is 19.5. The number of thioether (sulfide) groups is 1. The summed E-state index contributed by atoms with van der Waals surface area (Å²) in [6, 6.07) is 12.6. The number of carbonyl (C=O) groups is 1. The Kier molecular flexibility index (Phi) is 6.66. The zero-order valence-electron chi connectivity index (χ0n) is 17.9. The number of hydrogen-bond acceptors (Lipinski definition) is 4. The van der Waals surface area contributed by atoms with E-state index in [2.05, 4.69) is 58.3 Å². The topological polar surface area (TPSA) is 37.3 Å². The first-order valence-corrected chi connectivity index (χ1v) is 12.4. The lowest BCUT2D eigenvalue weighted by Crippen LogP contribution is -2.31. The number of benzene rings is 1. The Bertz CT molecular complexity index is 1020. The summed E-state index contributed by atoms with van der Waals surface area (Å²) < 4.78 is 2.22. The number of hydrogen-bond donors (Lipinski definition) is 1. The fourth-order valence-electron chi connectivity index (χ4n) is 4.00. The summed E-state index contributed by atoms with van der Waals surface area (Å²) in [6.45, 7) is 10.3. The van der Waals surface area contributed by atoms with E-state index in [0.29, 0.717) is 0 Å². The first-order valence-electron chi connectivity index (χ1n) is 10.4. The molecule has 30 heavy (non-hydrogen) atoms. The molecule has 0 saturated carbocycles. The molecule has 0 bridgehead atoms. The van der Waals surface area contributed by atoms with Gasteiger partial charge in [0, 0.05) is 53.1 Å². The average Bonchev–Trinajstić information content (AvgIpc) is 3.34. The van der Waals surface area contributed by atoms with Gasteiger partial charge in [0.1, 0.15) is 0 Å². The van der Waals surface area contributed by atoms with Crippen molar-refractivity contribution in [3.05, 3.63) is 74.7 Å². The van der Waals surface area contributed by atoms with Crippen LogP contribution in [0, 0.1) is 20.8 Å². The maximum atomic E-state index is 13.0. The van der Waals surface area contributed by atoms with Crippen LogP contribution in [0.25, 0.3) is 0 Å². The fourth-order valence-corrected chi connectivity index (χ4v) is 5.68. The van der Waals surface area contributed by atoms with Crippen LogP contribution in [-0.4, -0.2) is 40.0 Å². The highest BCUT2D eigenvalue weighted by Crippen LogP contribution is 2.23. The van der Waals surface area contributed by atoms with Crippen molar-refractivity contribution in [2.24, 2.45) is 0 Å². The van der Waals surface area contributed by atoms with Gasteiger partial charge in [0.25, 0.3) is 5.91 Å². The molecule has 0 aliphatic carbocycles. The summed E-state index contributed by atoms with van der Waals surface area (Å²) in [7, 11) is 0. The Hall–Kier alpha value is -2.02. The Labute approximate surface area is 187 Å². The van der Waals surface area contributed by atoms with Crippen LogP contribution in [0.2, 0.25) is 0 Å². The normalized spacial score (nSPS) is 14.8. The van der Waals surface area contributed by atoms with E-state index in [0.717, 1.165) is 54.4 Å². The second kappa shape index (κ2) is 9.41. The van der Waals surface area contributed by atoms with Crippen molar-refractivity contribution in [3.63, 3.8) is 0 Å². The van der Waals surface area contributed by atoms with Gasteiger partial charge in [-0.2, -0.15) is 11.8 Å². The summed E-state index contributed by atoms with van der Waals surface area (Å²) in [5.74, 6) is 2.40. The third-order valence-corrected chi connectivity index (χ3v) is 7.56. The number of carbonyl (C=O) groups excluding carboxylic acids is 1. The summed E-state index contributed by atoms with van der Waals surface area (Å²) in [5.41, 5.74) is 6.18. The summed E-state index contributed by atoms with van der Waals surface area (Å²) >= 11 is 3.78. The number of anilines is 1. The van der Waals surface area contributed by atoms with E-state index in [-0.39, 0.29) is 5.91 Å². The molecule has 2 aromatic heterocycles. The monoisotopic (exact) mass is 439 g/mol. The highest BCUT2D eigenvalue weighted by atomic mass is 32.2. The lowest BCUT2D eigenvalue weighted by Gasteiger charge is -2.26. The van der Waals surface area contributed by atoms with Crippen LogP contribution in [-0.2, 0) is 13.1 Å². The number of aromatic nitrogens is 1. The van der Waals surface area contributed by atoms with E-state index < -0.39 is 0 Å². The maximum Gasteiger partial charge on any atom is 0.257 e. The first kappa shape index (κ1) is 21.2. The van der Waals surface area contributed by atoms with E-state index in [1.807, 2.05) is 30.8 Å². The van der Waals surface area contributed by atoms with Crippen LogP contribution in [0.5, 0.6) is 0 Å². The van der Waals surface area contributed by atoms with Gasteiger partial charge in [-0.25, -0.2) is 0 Å². The molecular weight excluding hydrogens is 410 g/mol. The lowest BCUT2D eigenvalue weighted by atomic mass is 10.1. The Morgan fingerprint density at radius 2 is 1.87 bits per heavy atom. The molecular formula is C24H29N3OS2. The van der Waals surface area contributed by atoms with Gasteiger partial charge in [-0.3, -0.25) is 9.69 Å². The third kappa shape index (κ3) is 4.82. The van der Waals surface area contributed by atoms with Crippen LogP contribution in [0.15, 0.2) is 41.8 Å². The SMILES string of the molecule is Cc1cc(CN2CCSCC2)ccc1NC(=O)c1cc(C)n(Cc2cccs2)c1C. The van der Waals surface area contributed by atoms with Crippen LogP contribution >= 0.6 is 23.1 Å². The molecule has 1 aromatic carbocycles. The Balaban J connectivity index is 1.46. The largest absolute Gasteiger partial charge is 0.343 e. The van der Waals surface area contributed by atoms with E-state index >= 15 is 0 Å². The van der Waals surface area contributed by atoms with Gasteiger partial charge in [-0.1, -0.05) is 18.2 Å². The number of aryl methyl sites for hydroxylation is 2. The quantitative estimate of drug-likeness (QED) is 0.564. The number of amides is 1. The van der Waals surface area contributed by atoms with Gasteiger partial charge in [-0.15, -0.1) is 11.3 Å². The number of rotatable bonds is 6. The molecule has 0 atom stereocenters. The van der Waals surface area contributed by atoms with Crippen molar-refractivity contribution in [3.8, 4) is 0 Å². The summed E-state index contributed by atoms with van der Waals surface area (Å²) in [4.78, 5) is 16.8. The highest BCUT2D eigenvalue weighted by molar-refractivity contribution is 7.99. The molecule has 4 nitrogen and oxygen atoms in total. The molecule has 158 valence electrons. The maximum absolute atomic E-state index is 13.0. The van der Waals surface area contributed by atoms with Crippen LogP contribution < -0.4 is 5.32 Å². The Morgan fingerprint density at radius 1 is 1.07 bits per heavy atom. The highest BCUT2D eigenvalue weighted by Gasteiger charge is 2.17.